The number of hydrogen-bond donors (Lipinski definition) is 1. The third kappa shape index (κ3) is 9.46. The largest absolute Gasteiger partial charge is 0.497 e. The van der Waals surface area contributed by atoms with Gasteiger partial charge in [0.05, 0.1) is 7.11 Å². The minimum Gasteiger partial charge on any atom is -0.497 e. The van der Waals surface area contributed by atoms with Gasteiger partial charge in [0.1, 0.15) is 16.9 Å². The van der Waals surface area contributed by atoms with Crippen molar-refractivity contribution < 1.29 is 13.9 Å². The van der Waals surface area contributed by atoms with Crippen molar-refractivity contribution in [2.45, 2.75) is 96.8 Å². The summed E-state index contributed by atoms with van der Waals surface area (Å²) in [5.41, 5.74) is -0.157. The highest BCUT2D eigenvalue weighted by atomic mass is 16.5. The molecule has 5 heteroatoms. The molecular formula is C27H41NO4. The molecular weight excluding hydrogens is 402 g/mol. The molecule has 0 saturated heterocycles. The zero-order chi connectivity index (χ0) is 23.0. The zero-order valence-corrected chi connectivity index (χ0v) is 20.0. The summed E-state index contributed by atoms with van der Waals surface area (Å²) < 4.78 is 10.4. The number of carbonyl (C=O) groups is 1. The first-order chi connectivity index (χ1) is 15.7. The molecule has 0 aliphatic heterocycles. The first-order valence-corrected chi connectivity index (χ1v) is 12.6. The lowest BCUT2D eigenvalue weighted by Crippen LogP contribution is -2.29. The van der Waals surface area contributed by atoms with Crippen molar-refractivity contribution in [2.24, 2.45) is 0 Å². The summed E-state index contributed by atoms with van der Waals surface area (Å²) in [4.78, 5) is 24.5. The van der Waals surface area contributed by atoms with Crippen LogP contribution in [-0.2, 0) is 0 Å². The van der Waals surface area contributed by atoms with Gasteiger partial charge in [0, 0.05) is 18.0 Å². The van der Waals surface area contributed by atoms with E-state index in [9.17, 15) is 9.59 Å². The third-order valence-corrected chi connectivity index (χ3v) is 6.00. The summed E-state index contributed by atoms with van der Waals surface area (Å²) in [5, 5.41) is 3.55. The average Bonchev–Trinajstić information content (AvgIpc) is 2.80. The lowest BCUT2D eigenvalue weighted by Gasteiger charge is -2.06. The van der Waals surface area contributed by atoms with E-state index in [4.69, 9.17) is 9.15 Å². The van der Waals surface area contributed by atoms with E-state index < -0.39 is 5.63 Å². The van der Waals surface area contributed by atoms with Crippen LogP contribution in [0, 0.1) is 0 Å². The van der Waals surface area contributed by atoms with Crippen molar-refractivity contribution in [1.29, 1.82) is 0 Å². The van der Waals surface area contributed by atoms with Crippen LogP contribution in [0.15, 0.2) is 33.5 Å². The van der Waals surface area contributed by atoms with Crippen LogP contribution in [-0.4, -0.2) is 19.6 Å². The summed E-state index contributed by atoms with van der Waals surface area (Å²) in [7, 11) is 1.55. The molecule has 1 amide bonds. The number of methoxy groups -OCH3 is 1. The Morgan fingerprint density at radius 2 is 1.41 bits per heavy atom. The zero-order valence-electron chi connectivity index (χ0n) is 20.0. The third-order valence-electron chi connectivity index (χ3n) is 6.00. The second-order valence-corrected chi connectivity index (χ2v) is 8.70. The minimum absolute atomic E-state index is 0.0491. The highest BCUT2D eigenvalue weighted by Crippen LogP contribution is 2.20. The summed E-state index contributed by atoms with van der Waals surface area (Å²) >= 11 is 0. The molecule has 2 rings (SSSR count). The topological polar surface area (TPSA) is 68.5 Å². The lowest BCUT2D eigenvalue weighted by atomic mass is 10.0. The Hall–Kier alpha value is -2.30. The maximum absolute atomic E-state index is 12.4. The van der Waals surface area contributed by atoms with E-state index in [2.05, 4.69) is 12.2 Å². The fraction of sp³-hybridized carbons (Fsp3) is 0.630. The van der Waals surface area contributed by atoms with Crippen molar-refractivity contribution in [3.05, 3.63) is 40.2 Å². The molecule has 0 aliphatic rings. The summed E-state index contributed by atoms with van der Waals surface area (Å²) in [6.45, 7) is 2.84. The van der Waals surface area contributed by atoms with Gasteiger partial charge in [0.15, 0.2) is 0 Å². The molecule has 1 aromatic heterocycles. The summed E-state index contributed by atoms with van der Waals surface area (Å²) in [6.07, 6.45) is 18.2. The van der Waals surface area contributed by atoms with Gasteiger partial charge >= 0.3 is 5.63 Å². The molecule has 0 fully saturated rings. The van der Waals surface area contributed by atoms with E-state index in [1.54, 1.807) is 31.4 Å². The van der Waals surface area contributed by atoms with E-state index in [0.29, 0.717) is 23.3 Å². The molecule has 32 heavy (non-hydrogen) atoms. The molecule has 0 bridgehead atoms. The molecule has 0 unspecified atom stereocenters. The minimum atomic E-state index is -0.621. The van der Waals surface area contributed by atoms with E-state index in [-0.39, 0.29) is 11.5 Å². The predicted molar refractivity (Wildman–Crippen MR) is 132 cm³/mol. The molecule has 0 saturated carbocycles. The fourth-order valence-electron chi connectivity index (χ4n) is 3.99. The maximum atomic E-state index is 12.4. The first-order valence-electron chi connectivity index (χ1n) is 12.6. The quantitative estimate of drug-likeness (QED) is 0.211. The molecule has 2 aromatic rings. The number of fused-ring (bicyclic) bond motifs is 1. The van der Waals surface area contributed by atoms with Crippen molar-refractivity contribution in [2.75, 3.05) is 13.7 Å². The number of hydrogen-bond acceptors (Lipinski definition) is 4. The van der Waals surface area contributed by atoms with Crippen LogP contribution >= 0.6 is 0 Å². The van der Waals surface area contributed by atoms with E-state index in [1.807, 2.05) is 0 Å². The maximum Gasteiger partial charge on any atom is 0.349 e. The van der Waals surface area contributed by atoms with Gasteiger partial charge in [0.25, 0.3) is 5.91 Å². The SMILES string of the molecule is CCCCCCCCCCCCCCCCNC(=O)c1cc2ccc(OC)cc2oc1=O. The monoisotopic (exact) mass is 443 g/mol. The molecule has 1 heterocycles. The van der Waals surface area contributed by atoms with Gasteiger partial charge in [0.2, 0.25) is 0 Å². The van der Waals surface area contributed by atoms with E-state index in [1.165, 1.54) is 77.0 Å². The summed E-state index contributed by atoms with van der Waals surface area (Å²) in [6, 6.07) is 6.79. The van der Waals surface area contributed by atoms with Crippen LogP contribution in [0.1, 0.15) is 107 Å². The molecule has 0 aliphatic carbocycles. The Labute approximate surface area is 192 Å². The van der Waals surface area contributed by atoms with Gasteiger partial charge in [-0.3, -0.25) is 4.79 Å². The molecule has 1 aromatic carbocycles. The van der Waals surface area contributed by atoms with Crippen LogP contribution in [0.2, 0.25) is 0 Å². The Balaban J connectivity index is 1.53. The molecule has 178 valence electrons. The number of benzene rings is 1. The molecule has 0 radical (unpaired) electrons. The number of unbranched alkanes of at least 4 members (excludes halogenated alkanes) is 13. The van der Waals surface area contributed by atoms with Crippen molar-refractivity contribution in [3.8, 4) is 5.75 Å². The van der Waals surface area contributed by atoms with Gasteiger partial charge in [-0.2, -0.15) is 0 Å². The number of carbonyl (C=O) groups excluding carboxylic acids is 1. The molecule has 0 atom stereocenters. The Morgan fingerprint density at radius 3 is 1.97 bits per heavy atom. The van der Waals surface area contributed by atoms with Gasteiger partial charge in [-0.05, 0) is 24.6 Å². The molecule has 5 nitrogen and oxygen atoms in total. The van der Waals surface area contributed by atoms with Crippen molar-refractivity contribution in [3.63, 3.8) is 0 Å². The van der Waals surface area contributed by atoms with Gasteiger partial charge in [-0.1, -0.05) is 90.4 Å². The Morgan fingerprint density at radius 1 is 0.844 bits per heavy atom. The van der Waals surface area contributed by atoms with Gasteiger partial charge in [-0.25, -0.2) is 4.79 Å². The fourth-order valence-corrected chi connectivity index (χ4v) is 3.99. The molecule has 0 spiro atoms. The highest BCUT2D eigenvalue weighted by Gasteiger charge is 2.13. The average molecular weight is 444 g/mol. The second-order valence-electron chi connectivity index (χ2n) is 8.70. The first kappa shape index (κ1) is 26.0. The Bertz CT molecular complexity index is 858. The Kier molecular flexibility index (Phi) is 12.6. The van der Waals surface area contributed by atoms with Crippen LogP contribution in [0.25, 0.3) is 11.0 Å². The number of rotatable bonds is 17. The second kappa shape index (κ2) is 15.5. The van der Waals surface area contributed by atoms with Crippen LogP contribution in [0.5, 0.6) is 5.75 Å². The smallest absolute Gasteiger partial charge is 0.349 e. The lowest BCUT2D eigenvalue weighted by molar-refractivity contribution is 0.0949. The van der Waals surface area contributed by atoms with Gasteiger partial charge < -0.3 is 14.5 Å². The van der Waals surface area contributed by atoms with Crippen molar-refractivity contribution >= 4 is 16.9 Å². The van der Waals surface area contributed by atoms with Crippen molar-refractivity contribution in [1.82, 2.24) is 5.32 Å². The van der Waals surface area contributed by atoms with E-state index in [0.717, 1.165) is 12.8 Å². The number of nitrogens with one attached hydrogen (secondary N) is 1. The number of ether oxygens (including phenoxy) is 1. The highest BCUT2D eigenvalue weighted by molar-refractivity contribution is 5.96. The summed E-state index contributed by atoms with van der Waals surface area (Å²) in [5.74, 6) is 0.238. The predicted octanol–water partition coefficient (Wildman–Crippen LogP) is 7.01. The standard InChI is InChI=1S/C27H41NO4/c1-3-4-5-6-7-8-9-10-11-12-13-14-15-16-19-28-26(29)24-20-22-17-18-23(31-2)21-25(22)32-27(24)30/h17-18,20-21H,3-16,19H2,1-2H3,(H,28,29). The molecule has 1 N–H and O–H groups in total. The number of amides is 1. The van der Waals surface area contributed by atoms with Crippen LogP contribution in [0.3, 0.4) is 0 Å². The van der Waals surface area contributed by atoms with Gasteiger partial charge in [-0.15, -0.1) is 0 Å². The normalized spacial score (nSPS) is 11.1. The van der Waals surface area contributed by atoms with Crippen LogP contribution < -0.4 is 15.7 Å². The van der Waals surface area contributed by atoms with E-state index >= 15 is 0 Å². The van der Waals surface area contributed by atoms with Crippen LogP contribution in [0.4, 0.5) is 0 Å².